The van der Waals surface area contributed by atoms with Crippen LogP contribution in [0.2, 0.25) is 0 Å². The summed E-state index contributed by atoms with van der Waals surface area (Å²) in [6.45, 7) is 3.28. The first-order chi connectivity index (χ1) is 9.60. The van der Waals surface area contributed by atoms with Crippen LogP contribution in [0.5, 0.6) is 0 Å². The Morgan fingerprint density at radius 3 is 2.43 bits per heavy atom. The molecule has 0 amide bonds. The molecular formula is C12H20N2O5S2. The minimum absolute atomic E-state index is 0.0185. The van der Waals surface area contributed by atoms with Crippen molar-refractivity contribution in [2.24, 2.45) is 5.73 Å². The highest BCUT2D eigenvalue weighted by Gasteiger charge is 2.39. The summed E-state index contributed by atoms with van der Waals surface area (Å²) in [5.41, 5.74) is 6.06. The summed E-state index contributed by atoms with van der Waals surface area (Å²) in [6, 6.07) is -0.541. The second kappa shape index (κ2) is 5.38. The van der Waals surface area contributed by atoms with Crippen LogP contribution >= 0.6 is 0 Å². The van der Waals surface area contributed by atoms with Crippen molar-refractivity contribution in [2.75, 3.05) is 18.6 Å². The molecule has 1 atom stereocenters. The molecule has 1 unspecified atom stereocenters. The first-order valence-corrected chi connectivity index (χ1v) is 9.83. The van der Waals surface area contributed by atoms with Crippen LogP contribution in [-0.2, 0) is 26.4 Å². The number of nitrogens with zero attached hydrogens (tertiary/aromatic N) is 1. The van der Waals surface area contributed by atoms with Gasteiger partial charge in [0.05, 0.1) is 11.5 Å². The van der Waals surface area contributed by atoms with Gasteiger partial charge in [0.25, 0.3) is 0 Å². The van der Waals surface area contributed by atoms with Crippen molar-refractivity contribution in [1.29, 1.82) is 0 Å². The fourth-order valence-electron chi connectivity index (χ4n) is 2.69. The van der Waals surface area contributed by atoms with Crippen molar-refractivity contribution in [1.82, 2.24) is 4.31 Å². The Morgan fingerprint density at radius 2 is 1.95 bits per heavy atom. The van der Waals surface area contributed by atoms with Crippen LogP contribution < -0.4 is 5.73 Å². The molecule has 21 heavy (non-hydrogen) atoms. The Hall–Kier alpha value is -0.900. The number of hydrogen-bond donors (Lipinski definition) is 1. The van der Waals surface area contributed by atoms with E-state index in [2.05, 4.69) is 0 Å². The maximum atomic E-state index is 12.8. The van der Waals surface area contributed by atoms with Crippen molar-refractivity contribution in [3.8, 4) is 0 Å². The normalized spacial score (nSPS) is 22.0. The summed E-state index contributed by atoms with van der Waals surface area (Å²) in [4.78, 5) is 0.0642. The summed E-state index contributed by atoms with van der Waals surface area (Å²) in [5, 5.41) is 0. The van der Waals surface area contributed by atoms with E-state index in [0.717, 1.165) is 4.31 Å². The van der Waals surface area contributed by atoms with Gasteiger partial charge < -0.3 is 10.2 Å². The van der Waals surface area contributed by atoms with Gasteiger partial charge in [0.1, 0.15) is 16.4 Å². The molecule has 2 N–H and O–H groups in total. The maximum absolute atomic E-state index is 12.8. The van der Waals surface area contributed by atoms with Crippen molar-refractivity contribution in [3.63, 3.8) is 0 Å². The first kappa shape index (κ1) is 16.5. The van der Waals surface area contributed by atoms with E-state index in [-0.39, 0.29) is 28.7 Å². The molecule has 1 fully saturated rings. The van der Waals surface area contributed by atoms with Gasteiger partial charge in [0.2, 0.25) is 10.0 Å². The maximum Gasteiger partial charge on any atom is 0.246 e. The number of sulfonamides is 1. The molecule has 1 aliphatic heterocycles. The van der Waals surface area contributed by atoms with E-state index in [9.17, 15) is 16.8 Å². The average molecular weight is 336 g/mol. The van der Waals surface area contributed by atoms with E-state index in [0.29, 0.717) is 17.7 Å². The van der Waals surface area contributed by atoms with Crippen LogP contribution in [0.25, 0.3) is 0 Å². The van der Waals surface area contributed by atoms with Crippen molar-refractivity contribution in [2.45, 2.75) is 37.8 Å². The van der Waals surface area contributed by atoms with Crippen molar-refractivity contribution in [3.05, 3.63) is 17.1 Å². The molecular weight excluding hydrogens is 316 g/mol. The SMILES string of the molecule is Cc1oc(C)c(S(=O)(=O)N(C)C2CCS(=O)(=O)C2)c1CN. The monoisotopic (exact) mass is 336 g/mol. The lowest BCUT2D eigenvalue weighted by atomic mass is 10.2. The smallest absolute Gasteiger partial charge is 0.246 e. The molecule has 0 saturated carbocycles. The van der Waals surface area contributed by atoms with Gasteiger partial charge in [-0.15, -0.1) is 0 Å². The van der Waals surface area contributed by atoms with Gasteiger partial charge in [-0.3, -0.25) is 0 Å². The summed E-state index contributed by atoms with van der Waals surface area (Å²) in [5.74, 6) is 0.628. The fourth-order valence-corrected chi connectivity index (χ4v) is 6.36. The lowest BCUT2D eigenvalue weighted by Crippen LogP contribution is -2.38. The third-order valence-corrected chi connectivity index (χ3v) is 7.75. The molecule has 120 valence electrons. The zero-order valence-electron chi connectivity index (χ0n) is 12.3. The van der Waals surface area contributed by atoms with Gasteiger partial charge in [0.15, 0.2) is 9.84 Å². The third-order valence-electron chi connectivity index (χ3n) is 3.89. The van der Waals surface area contributed by atoms with Gasteiger partial charge in [-0.2, -0.15) is 4.31 Å². The van der Waals surface area contributed by atoms with Crippen LogP contribution in [0, 0.1) is 13.8 Å². The molecule has 7 nitrogen and oxygen atoms in total. The predicted octanol–water partition coefficient (Wildman–Crippen LogP) is 0.163. The topological polar surface area (TPSA) is 111 Å². The van der Waals surface area contributed by atoms with Crippen LogP contribution in [0.3, 0.4) is 0 Å². The zero-order valence-corrected chi connectivity index (χ0v) is 13.9. The molecule has 1 saturated heterocycles. The standard InChI is InChI=1S/C12H20N2O5S2/c1-8-11(6-13)12(9(2)19-8)21(17,18)14(3)10-4-5-20(15,16)7-10/h10H,4-7,13H2,1-3H3. The van der Waals surface area contributed by atoms with Crippen LogP contribution in [-0.4, -0.2) is 45.7 Å². The highest BCUT2D eigenvalue weighted by molar-refractivity contribution is 7.92. The van der Waals surface area contributed by atoms with Gasteiger partial charge in [-0.05, 0) is 20.3 Å². The highest BCUT2D eigenvalue weighted by atomic mass is 32.2. The lowest BCUT2D eigenvalue weighted by Gasteiger charge is -2.23. The molecule has 0 radical (unpaired) electrons. The Kier molecular flexibility index (Phi) is 4.22. The zero-order chi connectivity index (χ0) is 16.0. The summed E-state index contributed by atoms with van der Waals surface area (Å²) < 4.78 is 55.1. The van der Waals surface area contributed by atoms with E-state index in [1.165, 1.54) is 7.05 Å². The number of nitrogens with two attached hydrogens (primary N) is 1. The van der Waals surface area contributed by atoms with E-state index >= 15 is 0 Å². The molecule has 0 aromatic carbocycles. The Balaban J connectivity index is 2.43. The van der Waals surface area contributed by atoms with E-state index in [1.807, 2.05) is 0 Å². The van der Waals surface area contributed by atoms with Crippen LogP contribution in [0.4, 0.5) is 0 Å². The largest absolute Gasteiger partial charge is 0.465 e. The second-order valence-electron chi connectivity index (χ2n) is 5.30. The van der Waals surface area contributed by atoms with Gasteiger partial charge in [-0.1, -0.05) is 0 Å². The molecule has 0 bridgehead atoms. The average Bonchev–Trinajstić information content (AvgIpc) is 2.87. The van der Waals surface area contributed by atoms with Crippen molar-refractivity contribution >= 4 is 19.9 Å². The summed E-state index contributed by atoms with van der Waals surface area (Å²) in [7, 11) is -5.58. The fraction of sp³-hybridized carbons (Fsp3) is 0.667. The molecule has 9 heteroatoms. The number of aryl methyl sites for hydroxylation is 2. The summed E-state index contributed by atoms with van der Waals surface area (Å²) >= 11 is 0. The minimum atomic E-state index is -3.83. The molecule has 2 heterocycles. The first-order valence-electron chi connectivity index (χ1n) is 6.57. The van der Waals surface area contributed by atoms with E-state index in [4.69, 9.17) is 10.2 Å². The highest BCUT2D eigenvalue weighted by Crippen LogP contribution is 2.31. The Morgan fingerprint density at radius 1 is 1.33 bits per heavy atom. The number of sulfone groups is 1. The summed E-state index contributed by atoms with van der Waals surface area (Å²) in [6.07, 6.45) is 0.311. The number of rotatable bonds is 4. The second-order valence-corrected chi connectivity index (χ2v) is 9.47. The molecule has 1 aliphatic rings. The molecule has 1 aromatic rings. The number of furan rings is 1. The Bertz CT molecular complexity index is 749. The van der Waals surface area contributed by atoms with Crippen LogP contribution in [0.15, 0.2) is 9.31 Å². The molecule has 0 aliphatic carbocycles. The van der Waals surface area contributed by atoms with E-state index in [1.54, 1.807) is 13.8 Å². The molecule has 2 rings (SSSR count). The quantitative estimate of drug-likeness (QED) is 0.838. The minimum Gasteiger partial charge on any atom is -0.465 e. The van der Waals surface area contributed by atoms with Gasteiger partial charge in [0, 0.05) is 25.2 Å². The molecule has 1 aromatic heterocycles. The van der Waals surface area contributed by atoms with Gasteiger partial charge in [-0.25, -0.2) is 16.8 Å². The Labute approximate surface area is 125 Å². The van der Waals surface area contributed by atoms with Gasteiger partial charge >= 0.3 is 0 Å². The van der Waals surface area contributed by atoms with Crippen LogP contribution in [0.1, 0.15) is 23.5 Å². The van der Waals surface area contributed by atoms with E-state index < -0.39 is 25.9 Å². The lowest BCUT2D eigenvalue weighted by molar-refractivity contribution is 0.392. The third kappa shape index (κ3) is 2.87. The van der Waals surface area contributed by atoms with Crippen molar-refractivity contribution < 1.29 is 21.3 Å². The molecule has 0 spiro atoms. The number of hydrogen-bond acceptors (Lipinski definition) is 6. The predicted molar refractivity (Wildman–Crippen MR) is 78.1 cm³/mol.